The van der Waals surface area contributed by atoms with Crippen LogP contribution in [0.25, 0.3) is 0 Å². The Kier molecular flexibility index (Phi) is 4.69. The number of ether oxygens (including phenoxy) is 2. The molecule has 0 saturated heterocycles. The van der Waals surface area contributed by atoms with E-state index in [0.717, 1.165) is 17.5 Å². The number of rotatable bonds is 2. The summed E-state index contributed by atoms with van der Waals surface area (Å²) >= 11 is 0. The minimum Gasteiger partial charge on any atom is -0.504 e. The van der Waals surface area contributed by atoms with Crippen LogP contribution in [-0.4, -0.2) is 23.8 Å². The number of phenolic OH excluding ortho intramolecular Hbond substituents is 1. The number of hydrogen-bond acceptors (Lipinski definition) is 4. The zero-order valence-electron chi connectivity index (χ0n) is 14.1. The van der Waals surface area contributed by atoms with E-state index < -0.39 is 5.60 Å². The van der Waals surface area contributed by atoms with Crippen LogP contribution in [0.5, 0.6) is 11.5 Å². The molecular weight excluding hydrogens is 280 g/mol. The van der Waals surface area contributed by atoms with E-state index in [-0.39, 0.29) is 23.6 Å². The minimum absolute atomic E-state index is 0.117. The Hall–Kier alpha value is -1.71. The number of fused-ring (bicyclic) bond motifs is 1. The predicted molar refractivity (Wildman–Crippen MR) is 85.3 cm³/mol. The molecule has 4 heteroatoms. The predicted octanol–water partition coefficient (Wildman–Crippen LogP) is 3.80. The van der Waals surface area contributed by atoms with Crippen molar-refractivity contribution in [1.82, 2.24) is 0 Å². The third-order valence-electron chi connectivity index (χ3n) is 4.13. The van der Waals surface area contributed by atoms with Crippen LogP contribution in [-0.2, 0) is 16.0 Å². The highest BCUT2D eigenvalue weighted by atomic mass is 16.6. The van der Waals surface area contributed by atoms with E-state index in [1.807, 2.05) is 26.8 Å². The summed E-state index contributed by atoms with van der Waals surface area (Å²) in [5, 5.41) is 9.96. The van der Waals surface area contributed by atoms with Crippen LogP contribution in [0, 0.1) is 5.92 Å². The van der Waals surface area contributed by atoms with Gasteiger partial charge < -0.3 is 14.6 Å². The maximum absolute atomic E-state index is 12.4. The van der Waals surface area contributed by atoms with Crippen molar-refractivity contribution in [3.63, 3.8) is 0 Å². The molecule has 0 saturated carbocycles. The van der Waals surface area contributed by atoms with Gasteiger partial charge >= 0.3 is 5.97 Å². The number of hydrogen-bond donors (Lipinski definition) is 1. The second kappa shape index (κ2) is 6.19. The van der Waals surface area contributed by atoms with Crippen LogP contribution < -0.4 is 4.74 Å². The third kappa shape index (κ3) is 3.54. The lowest BCUT2D eigenvalue weighted by atomic mass is 9.91. The standard InChI is InChI=1S/C18H26O4/c1-11-10-12(17(20)22-18(2,3)4)6-7-14-13(11)8-9-15(19)16(14)21-5/h8-9,11-12,19H,6-7,10H2,1-5H3. The van der Waals surface area contributed by atoms with Gasteiger partial charge in [0.15, 0.2) is 11.5 Å². The van der Waals surface area contributed by atoms with Crippen molar-refractivity contribution < 1.29 is 19.4 Å². The summed E-state index contributed by atoms with van der Waals surface area (Å²) in [6, 6.07) is 3.61. The first-order chi connectivity index (χ1) is 10.2. The van der Waals surface area contributed by atoms with E-state index in [9.17, 15) is 9.90 Å². The van der Waals surface area contributed by atoms with Crippen molar-refractivity contribution in [2.24, 2.45) is 5.92 Å². The summed E-state index contributed by atoms with van der Waals surface area (Å²) in [6.07, 6.45) is 2.18. The van der Waals surface area contributed by atoms with Gasteiger partial charge in [-0.1, -0.05) is 13.0 Å². The topological polar surface area (TPSA) is 55.8 Å². The van der Waals surface area contributed by atoms with E-state index in [2.05, 4.69) is 6.92 Å². The average molecular weight is 306 g/mol. The lowest BCUT2D eigenvalue weighted by Gasteiger charge is -2.24. The van der Waals surface area contributed by atoms with Gasteiger partial charge in [-0.15, -0.1) is 0 Å². The molecule has 1 N–H and O–H groups in total. The van der Waals surface area contributed by atoms with Crippen LogP contribution >= 0.6 is 0 Å². The monoisotopic (exact) mass is 306 g/mol. The molecule has 0 radical (unpaired) electrons. The fraction of sp³-hybridized carbons (Fsp3) is 0.611. The van der Waals surface area contributed by atoms with Gasteiger partial charge in [0, 0.05) is 5.56 Å². The highest BCUT2D eigenvalue weighted by Crippen LogP contribution is 2.42. The second-order valence-electron chi connectivity index (χ2n) is 7.09. The molecule has 0 bridgehead atoms. The number of carbonyl (C=O) groups excluding carboxylic acids is 1. The molecule has 2 atom stereocenters. The maximum Gasteiger partial charge on any atom is 0.309 e. The second-order valence-corrected chi connectivity index (χ2v) is 7.09. The molecule has 0 aromatic heterocycles. The lowest BCUT2D eigenvalue weighted by Crippen LogP contribution is -2.29. The van der Waals surface area contributed by atoms with Crippen molar-refractivity contribution in [3.05, 3.63) is 23.3 Å². The van der Waals surface area contributed by atoms with Crippen molar-refractivity contribution in [3.8, 4) is 11.5 Å². The molecule has 0 aliphatic heterocycles. The number of aromatic hydroxyl groups is 1. The zero-order chi connectivity index (χ0) is 16.5. The van der Waals surface area contributed by atoms with Crippen LogP contribution in [0.2, 0.25) is 0 Å². The van der Waals surface area contributed by atoms with Gasteiger partial charge in [-0.3, -0.25) is 4.79 Å². The fourth-order valence-electron chi connectivity index (χ4n) is 3.17. The van der Waals surface area contributed by atoms with Crippen molar-refractivity contribution >= 4 is 5.97 Å². The summed E-state index contributed by atoms with van der Waals surface area (Å²) in [5.41, 5.74) is 1.71. The molecule has 4 nitrogen and oxygen atoms in total. The van der Waals surface area contributed by atoms with Crippen molar-refractivity contribution in [2.75, 3.05) is 7.11 Å². The van der Waals surface area contributed by atoms with E-state index in [1.54, 1.807) is 13.2 Å². The number of methoxy groups -OCH3 is 1. The number of benzene rings is 1. The van der Waals surface area contributed by atoms with E-state index in [0.29, 0.717) is 18.6 Å². The first-order valence-corrected chi connectivity index (χ1v) is 7.84. The summed E-state index contributed by atoms with van der Waals surface area (Å²) in [4.78, 5) is 12.4. The van der Waals surface area contributed by atoms with E-state index >= 15 is 0 Å². The maximum atomic E-state index is 12.4. The third-order valence-corrected chi connectivity index (χ3v) is 4.13. The molecule has 122 valence electrons. The largest absolute Gasteiger partial charge is 0.504 e. The molecule has 0 heterocycles. The first kappa shape index (κ1) is 16.7. The molecule has 1 aliphatic carbocycles. The normalized spacial score (nSPS) is 21.7. The SMILES string of the molecule is COc1c(O)ccc2c1CCC(C(=O)OC(C)(C)C)CC2C. The number of phenols is 1. The van der Waals surface area contributed by atoms with Gasteiger partial charge in [0.2, 0.25) is 0 Å². The molecule has 2 rings (SSSR count). The summed E-state index contributed by atoms with van der Waals surface area (Å²) in [6.45, 7) is 7.78. The molecule has 0 amide bonds. The van der Waals surface area contributed by atoms with Crippen LogP contribution in [0.3, 0.4) is 0 Å². The van der Waals surface area contributed by atoms with Crippen LogP contribution in [0.1, 0.15) is 57.6 Å². The summed E-state index contributed by atoms with van der Waals surface area (Å²) in [7, 11) is 1.57. The Labute approximate surface area is 132 Å². The molecule has 1 aliphatic rings. The minimum atomic E-state index is -0.463. The lowest BCUT2D eigenvalue weighted by molar-refractivity contribution is -0.160. The Morgan fingerprint density at radius 3 is 2.59 bits per heavy atom. The number of esters is 1. The quantitative estimate of drug-likeness (QED) is 0.667. The van der Waals surface area contributed by atoms with Crippen LogP contribution in [0.4, 0.5) is 0 Å². The molecular formula is C18H26O4. The Balaban J connectivity index is 2.25. The molecule has 1 aromatic rings. The first-order valence-electron chi connectivity index (χ1n) is 7.84. The van der Waals surface area contributed by atoms with Crippen molar-refractivity contribution in [2.45, 2.75) is 58.5 Å². The smallest absolute Gasteiger partial charge is 0.309 e. The average Bonchev–Trinajstić information content (AvgIpc) is 2.56. The molecule has 1 aromatic carbocycles. The Bertz CT molecular complexity index is 557. The van der Waals surface area contributed by atoms with Gasteiger partial charge in [-0.2, -0.15) is 0 Å². The molecule has 0 spiro atoms. The highest BCUT2D eigenvalue weighted by Gasteiger charge is 2.31. The van der Waals surface area contributed by atoms with Gasteiger partial charge in [-0.05, 0) is 57.6 Å². The zero-order valence-corrected chi connectivity index (χ0v) is 14.1. The molecule has 22 heavy (non-hydrogen) atoms. The summed E-state index contributed by atoms with van der Waals surface area (Å²) in [5.74, 6) is 0.673. The molecule has 2 unspecified atom stereocenters. The molecule has 0 fully saturated rings. The van der Waals surface area contributed by atoms with Crippen molar-refractivity contribution in [1.29, 1.82) is 0 Å². The summed E-state index contributed by atoms with van der Waals surface area (Å²) < 4.78 is 10.9. The Morgan fingerprint density at radius 2 is 2.00 bits per heavy atom. The van der Waals surface area contributed by atoms with Gasteiger partial charge in [0.25, 0.3) is 0 Å². The van der Waals surface area contributed by atoms with E-state index in [1.165, 1.54) is 0 Å². The fourth-order valence-corrected chi connectivity index (χ4v) is 3.17. The van der Waals surface area contributed by atoms with Gasteiger partial charge in [0.1, 0.15) is 5.60 Å². The highest BCUT2D eigenvalue weighted by molar-refractivity contribution is 5.73. The van der Waals surface area contributed by atoms with E-state index in [4.69, 9.17) is 9.47 Å². The van der Waals surface area contributed by atoms with Gasteiger partial charge in [0.05, 0.1) is 13.0 Å². The Morgan fingerprint density at radius 1 is 1.32 bits per heavy atom. The van der Waals surface area contributed by atoms with Crippen LogP contribution in [0.15, 0.2) is 12.1 Å². The number of carbonyl (C=O) groups is 1. The van der Waals surface area contributed by atoms with Gasteiger partial charge in [-0.25, -0.2) is 0 Å².